The zero-order chi connectivity index (χ0) is 18.2. The Kier molecular flexibility index (Phi) is 3.98. The van der Waals surface area contributed by atoms with Crippen LogP contribution in [0.15, 0.2) is 102 Å². The SMILES string of the molecule is Brc1ccc2c(-c3ccccc3)c3ccccc3c(C3=CC=[C+]C=C3)c2c1. The zero-order valence-electron chi connectivity index (χ0n) is 14.6. The molecular weight excluding hydrogens is 392 g/mol. The van der Waals surface area contributed by atoms with Gasteiger partial charge in [-0.05, 0) is 44.8 Å². The molecule has 0 nitrogen and oxygen atoms in total. The van der Waals surface area contributed by atoms with Crippen LogP contribution in [-0.2, 0) is 0 Å². The molecular formula is C26H16Br+. The molecule has 0 N–H and O–H groups in total. The van der Waals surface area contributed by atoms with Crippen molar-refractivity contribution in [3.05, 3.63) is 113 Å². The van der Waals surface area contributed by atoms with Crippen LogP contribution in [0.5, 0.6) is 0 Å². The van der Waals surface area contributed by atoms with Crippen molar-refractivity contribution in [2.24, 2.45) is 0 Å². The van der Waals surface area contributed by atoms with E-state index in [-0.39, 0.29) is 0 Å². The van der Waals surface area contributed by atoms with E-state index in [9.17, 15) is 0 Å². The van der Waals surface area contributed by atoms with E-state index in [2.05, 4.69) is 107 Å². The molecule has 1 aliphatic carbocycles. The molecule has 1 heteroatoms. The fraction of sp³-hybridized carbons (Fsp3) is 0. The number of allylic oxidation sites excluding steroid dienone is 6. The quantitative estimate of drug-likeness (QED) is 0.235. The third-order valence-electron chi connectivity index (χ3n) is 5.06. The smallest absolute Gasteiger partial charge is 0.0622 e. The summed E-state index contributed by atoms with van der Waals surface area (Å²) in [6.07, 6.45) is 11.4. The summed E-state index contributed by atoms with van der Waals surface area (Å²) >= 11 is 3.68. The topological polar surface area (TPSA) is 0 Å². The standard InChI is InChI=1S/C26H16Br/c27-20-15-16-23-24(17-20)26(19-11-5-2-6-12-19)22-14-8-7-13-21(22)25(23)18-9-3-1-4-10-18/h1,3-17H/q+1. The fourth-order valence-corrected chi connectivity index (χ4v) is 4.29. The van der Waals surface area contributed by atoms with Crippen LogP contribution in [0, 0.1) is 6.08 Å². The Morgan fingerprint density at radius 3 is 2.11 bits per heavy atom. The van der Waals surface area contributed by atoms with Gasteiger partial charge in [0.05, 0.1) is 17.7 Å². The summed E-state index contributed by atoms with van der Waals surface area (Å²) < 4.78 is 1.09. The lowest BCUT2D eigenvalue weighted by Gasteiger charge is -2.17. The summed E-state index contributed by atoms with van der Waals surface area (Å²) in [5, 5.41) is 5.08. The monoisotopic (exact) mass is 407 g/mol. The molecule has 0 aliphatic heterocycles. The minimum Gasteiger partial charge on any atom is -0.0622 e. The van der Waals surface area contributed by atoms with Crippen molar-refractivity contribution >= 4 is 43.0 Å². The van der Waals surface area contributed by atoms with Crippen molar-refractivity contribution in [1.29, 1.82) is 0 Å². The van der Waals surface area contributed by atoms with Gasteiger partial charge in [-0.15, -0.1) is 0 Å². The van der Waals surface area contributed by atoms with E-state index in [0.717, 1.165) is 4.47 Å². The molecule has 0 unspecified atom stereocenters. The molecule has 0 aromatic heterocycles. The molecule has 1 aliphatic rings. The number of halogens is 1. The molecule has 27 heavy (non-hydrogen) atoms. The normalized spacial score (nSPS) is 13.0. The van der Waals surface area contributed by atoms with Gasteiger partial charge in [0.15, 0.2) is 0 Å². The van der Waals surface area contributed by atoms with Crippen LogP contribution in [0.2, 0.25) is 0 Å². The van der Waals surface area contributed by atoms with Crippen LogP contribution >= 0.6 is 15.9 Å². The predicted molar refractivity (Wildman–Crippen MR) is 120 cm³/mol. The van der Waals surface area contributed by atoms with Crippen LogP contribution in [-0.4, -0.2) is 0 Å². The fourth-order valence-electron chi connectivity index (χ4n) is 3.93. The molecule has 0 amide bonds. The Bertz CT molecular complexity index is 1260. The van der Waals surface area contributed by atoms with Crippen molar-refractivity contribution in [2.75, 3.05) is 0 Å². The van der Waals surface area contributed by atoms with Gasteiger partial charge in [0.1, 0.15) is 12.2 Å². The van der Waals surface area contributed by atoms with Crippen molar-refractivity contribution in [3.63, 3.8) is 0 Å². The maximum Gasteiger partial charge on any atom is 0.103 e. The first kappa shape index (κ1) is 16.2. The lowest BCUT2D eigenvalue weighted by atomic mass is 9.85. The Morgan fingerprint density at radius 1 is 0.667 bits per heavy atom. The van der Waals surface area contributed by atoms with E-state index in [1.54, 1.807) is 0 Å². The summed E-state index contributed by atoms with van der Waals surface area (Å²) in [5.41, 5.74) is 5.03. The zero-order valence-corrected chi connectivity index (χ0v) is 16.2. The van der Waals surface area contributed by atoms with Crippen LogP contribution in [0.4, 0.5) is 0 Å². The molecule has 0 spiro atoms. The molecule has 4 aromatic carbocycles. The number of hydrogen-bond donors (Lipinski definition) is 0. The van der Waals surface area contributed by atoms with Crippen molar-refractivity contribution in [1.82, 2.24) is 0 Å². The number of hydrogen-bond acceptors (Lipinski definition) is 0. The van der Waals surface area contributed by atoms with Crippen molar-refractivity contribution in [3.8, 4) is 11.1 Å². The first-order valence-electron chi connectivity index (χ1n) is 8.99. The molecule has 0 bridgehead atoms. The summed E-state index contributed by atoms with van der Waals surface area (Å²) in [4.78, 5) is 0. The van der Waals surface area contributed by atoms with E-state index in [4.69, 9.17) is 0 Å². The van der Waals surface area contributed by atoms with Gasteiger partial charge in [0, 0.05) is 16.1 Å². The Hall–Kier alpha value is -2.99. The molecule has 0 atom stereocenters. The maximum atomic E-state index is 3.68. The first-order chi connectivity index (χ1) is 13.3. The molecule has 0 saturated heterocycles. The Labute approximate surface area is 167 Å². The average molecular weight is 408 g/mol. The highest BCUT2D eigenvalue weighted by Crippen LogP contribution is 2.43. The first-order valence-corrected chi connectivity index (χ1v) is 9.78. The van der Waals surface area contributed by atoms with Gasteiger partial charge in [0.25, 0.3) is 0 Å². The number of fused-ring (bicyclic) bond motifs is 2. The van der Waals surface area contributed by atoms with E-state index >= 15 is 0 Å². The van der Waals surface area contributed by atoms with Gasteiger partial charge < -0.3 is 0 Å². The Morgan fingerprint density at radius 2 is 1.37 bits per heavy atom. The van der Waals surface area contributed by atoms with Gasteiger partial charge >= 0.3 is 0 Å². The minimum absolute atomic E-state index is 1.09. The van der Waals surface area contributed by atoms with Gasteiger partial charge in [0.2, 0.25) is 0 Å². The van der Waals surface area contributed by atoms with Gasteiger partial charge in [-0.25, -0.2) is 0 Å². The lowest BCUT2D eigenvalue weighted by Crippen LogP contribution is -1.93. The lowest BCUT2D eigenvalue weighted by molar-refractivity contribution is 1.64. The van der Waals surface area contributed by atoms with E-state index in [1.165, 1.54) is 43.8 Å². The number of rotatable bonds is 2. The highest BCUT2D eigenvalue weighted by Gasteiger charge is 2.19. The number of benzene rings is 4. The summed E-state index contributed by atoms with van der Waals surface area (Å²) in [5.74, 6) is 0. The van der Waals surface area contributed by atoms with E-state index < -0.39 is 0 Å². The molecule has 5 rings (SSSR count). The average Bonchev–Trinajstić information content (AvgIpc) is 2.73. The highest BCUT2D eigenvalue weighted by atomic mass is 79.9. The van der Waals surface area contributed by atoms with Crippen LogP contribution in [0.3, 0.4) is 0 Å². The van der Waals surface area contributed by atoms with Crippen molar-refractivity contribution < 1.29 is 0 Å². The third kappa shape index (κ3) is 2.73. The summed E-state index contributed by atoms with van der Waals surface area (Å²) in [6.45, 7) is 0. The van der Waals surface area contributed by atoms with E-state index in [1.807, 2.05) is 12.2 Å². The molecule has 4 aromatic rings. The minimum atomic E-state index is 1.09. The second-order valence-electron chi connectivity index (χ2n) is 6.64. The largest absolute Gasteiger partial charge is 0.103 e. The highest BCUT2D eigenvalue weighted by molar-refractivity contribution is 9.10. The molecule has 0 heterocycles. The van der Waals surface area contributed by atoms with Crippen LogP contribution < -0.4 is 0 Å². The maximum absolute atomic E-state index is 3.68. The molecule has 0 saturated carbocycles. The summed E-state index contributed by atoms with van der Waals surface area (Å²) in [6, 6.07) is 26.0. The van der Waals surface area contributed by atoms with Crippen LogP contribution in [0.25, 0.3) is 38.2 Å². The molecule has 0 fully saturated rings. The second kappa shape index (κ2) is 6.63. The molecule has 0 radical (unpaired) electrons. The van der Waals surface area contributed by atoms with Gasteiger partial charge in [-0.1, -0.05) is 76.6 Å². The predicted octanol–water partition coefficient (Wildman–Crippen LogP) is 7.74. The van der Waals surface area contributed by atoms with Gasteiger partial charge in [-0.3, -0.25) is 0 Å². The van der Waals surface area contributed by atoms with Crippen molar-refractivity contribution in [2.45, 2.75) is 0 Å². The third-order valence-corrected chi connectivity index (χ3v) is 5.55. The van der Waals surface area contributed by atoms with Gasteiger partial charge in [-0.2, -0.15) is 0 Å². The molecule has 126 valence electrons. The van der Waals surface area contributed by atoms with Crippen LogP contribution in [0.1, 0.15) is 5.56 Å². The van der Waals surface area contributed by atoms with E-state index in [0.29, 0.717) is 0 Å². The Balaban J connectivity index is 2.02. The second-order valence-corrected chi connectivity index (χ2v) is 7.56. The summed E-state index contributed by atoms with van der Waals surface area (Å²) in [7, 11) is 0.